The van der Waals surface area contributed by atoms with Crippen molar-refractivity contribution >= 4 is 6.09 Å². The largest absolute Gasteiger partial charge is 0.496 e. The Kier molecular flexibility index (Phi) is 10.5. The van der Waals surface area contributed by atoms with Gasteiger partial charge in [-0.3, -0.25) is 0 Å². The fourth-order valence-corrected chi connectivity index (χ4v) is 4.53. The standard InChI is InChI=1S/C29H45NO4/c1-9-10-11-12-22-18-25(32-8)27(24-17-21(4)13-14-23(24)20(2)3)26(19-22)33-16-15-30-28(31)34-29(5,6)7/h17-19,23-24H,2,9-16H2,1,3-8H3,(H,30,31). The van der Waals surface area contributed by atoms with Crippen LogP contribution in [0.3, 0.4) is 0 Å². The number of ether oxygens (including phenoxy) is 3. The van der Waals surface area contributed by atoms with Gasteiger partial charge in [0.25, 0.3) is 0 Å². The molecule has 5 nitrogen and oxygen atoms in total. The lowest BCUT2D eigenvalue weighted by Gasteiger charge is -2.33. The zero-order valence-corrected chi connectivity index (χ0v) is 22.4. The van der Waals surface area contributed by atoms with Gasteiger partial charge in [-0.2, -0.15) is 0 Å². The van der Waals surface area contributed by atoms with Crippen LogP contribution in [0.25, 0.3) is 0 Å². The maximum atomic E-state index is 12.0. The van der Waals surface area contributed by atoms with Crippen molar-refractivity contribution in [2.75, 3.05) is 20.3 Å². The maximum Gasteiger partial charge on any atom is 0.407 e. The molecule has 2 unspecified atom stereocenters. The van der Waals surface area contributed by atoms with Crippen LogP contribution in [-0.4, -0.2) is 32.0 Å². The molecule has 0 saturated carbocycles. The smallest absolute Gasteiger partial charge is 0.407 e. The number of hydrogen-bond acceptors (Lipinski definition) is 4. The molecule has 1 aliphatic rings. The molecule has 1 aromatic rings. The zero-order chi connectivity index (χ0) is 25.3. The number of methoxy groups -OCH3 is 1. The number of carbonyl (C=O) groups excluding carboxylic acids is 1. The molecule has 0 bridgehead atoms. The van der Waals surface area contributed by atoms with Gasteiger partial charge in [0.05, 0.1) is 13.7 Å². The lowest BCUT2D eigenvalue weighted by molar-refractivity contribution is 0.0520. The van der Waals surface area contributed by atoms with Crippen LogP contribution >= 0.6 is 0 Å². The number of unbranched alkanes of at least 4 members (excludes halogenated alkanes) is 2. The molecule has 1 aliphatic carbocycles. The second-order valence-electron chi connectivity index (χ2n) is 10.5. The van der Waals surface area contributed by atoms with E-state index in [0.29, 0.717) is 19.1 Å². The fraction of sp³-hybridized carbons (Fsp3) is 0.621. The van der Waals surface area contributed by atoms with Crippen molar-refractivity contribution < 1.29 is 19.0 Å². The molecule has 34 heavy (non-hydrogen) atoms. The van der Waals surface area contributed by atoms with Gasteiger partial charge >= 0.3 is 6.09 Å². The van der Waals surface area contributed by atoms with Gasteiger partial charge in [-0.1, -0.05) is 43.6 Å². The van der Waals surface area contributed by atoms with E-state index in [9.17, 15) is 4.79 Å². The average molecular weight is 472 g/mol. The second kappa shape index (κ2) is 12.9. The Morgan fingerprint density at radius 3 is 2.53 bits per heavy atom. The number of allylic oxidation sites excluding steroid dienone is 3. The van der Waals surface area contributed by atoms with Gasteiger partial charge in [-0.25, -0.2) is 4.79 Å². The van der Waals surface area contributed by atoms with Crippen molar-refractivity contribution in [3.05, 3.63) is 47.1 Å². The highest BCUT2D eigenvalue weighted by Gasteiger charge is 2.31. The minimum Gasteiger partial charge on any atom is -0.496 e. The molecule has 0 spiro atoms. The van der Waals surface area contributed by atoms with E-state index in [2.05, 4.69) is 50.9 Å². The van der Waals surface area contributed by atoms with Gasteiger partial charge in [0, 0.05) is 11.5 Å². The van der Waals surface area contributed by atoms with Crippen molar-refractivity contribution in [3.63, 3.8) is 0 Å². The van der Waals surface area contributed by atoms with Crippen LogP contribution in [0.2, 0.25) is 0 Å². The minimum atomic E-state index is -0.527. The fourth-order valence-electron chi connectivity index (χ4n) is 4.53. The summed E-state index contributed by atoms with van der Waals surface area (Å²) < 4.78 is 17.6. The van der Waals surface area contributed by atoms with Crippen LogP contribution in [0, 0.1) is 5.92 Å². The van der Waals surface area contributed by atoms with E-state index >= 15 is 0 Å². The Morgan fingerprint density at radius 1 is 1.21 bits per heavy atom. The second-order valence-corrected chi connectivity index (χ2v) is 10.5. The molecule has 2 atom stereocenters. The molecule has 0 fully saturated rings. The van der Waals surface area contributed by atoms with Crippen molar-refractivity contribution in [1.82, 2.24) is 5.32 Å². The van der Waals surface area contributed by atoms with Crippen LogP contribution in [0.5, 0.6) is 11.5 Å². The Hall–Kier alpha value is -2.43. The first-order chi connectivity index (χ1) is 16.1. The summed E-state index contributed by atoms with van der Waals surface area (Å²) in [5, 5.41) is 2.78. The molecular weight excluding hydrogens is 426 g/mol. The topological polar surface area (TPSA) is 56.8 Å². The summed E-state index contributed by atoms with van der Waals surface area (Å²) in [6, 6.07) is 4.33. The summed E-state index contributed by atoms with van der Waals surface area (Å²) in [6.45, 7) is 17.1. The summed E-state index contributed by atoms with van der Waals surface area (Å²) in [6.07, 6.45) is 8.57. The Balaban J connectivity index is 2.32. The zero-order valence-electron chi connectivity index (χ0n) is 22.4. The van der Waals surface area contributed by atoms with E-state index in [1.54, 1.807) is 7.11 Å². The highest BCUT2D eigenvalue weighted by molar-refractivity contribution is 5.67. The number of nitrogens with one attached hydrogen (secondary N) is 1. The molecule has 0 aromatic heterocycles. The molecule has 0 heterocycles. The Morgan fingerprint density at radius 2 is 1.91 bits per heavy atom. The lowest BCUT2D eigenvalue weighted by Crippen LogP contribution is -2.34. The van der Waals surface area contributed by atoms with E-state index in [-0.39, 0.29) is 5.92 Å². The summed E-state index contributed by atoms with van der Waals surface area (Å²) in [4.78, 5) is 12.0. The van der Waals surface area contributed by atoms with Gasteiger partial charge in [0.2, 0.25) is 0 Å². The summed E-state index contributed by atoms with van der Waals surface area (Å²) in [5.74, 6) is 2.19. The van der Waals surface area contributed by atoms with Gasteiger partial charge in [-0.15, -0.1) is 0 Å². The molecule has 0 radical (unpaired) electrons. The van der Waals surface area contributed by atoms with Gasteiger partial charge in [-0.05, 0) is 83.9 Å². The number of benzene rings is 1. The summed E-state index contributed by atoms with van der Waals surface area (Å²) in [5.41, 5.74) is 4.33. The van der Waals surface area contributed by atoms with E-state index in [1.165, 1.54) is 29.6 Å². The highest BCUT2D eigenvalue weighted by Crippen LogP contribution is 2.47. The van der Waals surface area contributed by atoms with Gasteiger partial charge in [0.1, 0.15) is 23.7 Å². The first kappa shape index (κ1) is 27.8. The predicted octanol–water partition coefficient (Wildman–Crippen LogP) is 7.35. The molecule has 0 aliphatic heterocycles. The van der Waals surface area contributed by atoms with Crippen LogP contribution in [0.4, 0.5) is 4.79 Å². The van der Waals surface area contributed by atoms with E-state index in [0.717, 1.165) is 42.7 Å². The number of alkyl carbamates (subject to hydrolysis) is 1. The van der Waals surface area contributed by atoms with E-state index < -0.39 is 11.7 Å². The molecule has 190 valence electrons. The van der Waals surface area contributed by atoms with Gasteiger partial charge < -0.3 is 19.5 Å². The first-order valence-corrected chi connectivity index (χ1v) is 12.7. The predicted molar refractivity (Wildman–Crippen MR) is 140 cm³/mol. The molecule has 1 N–H and O–H groups in total. The van der Waals surface area contributed by atoms with E-state index in [4.69, 9.17) is 14.2 Å². The van der Waals surface area contributed by atoms with Crippen molar-refractivity contribution in [1.29, 1.82) is 0 Å². The lowest BCUT2D eigenvalue weighted by atomic mass is 9.73. The molecule has 2 rings (SSSR count). The Bertz CT molecular complexity index is 866. The minimum absolute atomic E-state index is 0.153. The maximum absolute atomic E-state index is 12.0. The third kappa shape index (κ3) is 8.41. The number of hydrogen-bond donors (Lipinski definition) is 1. The third-order valence-corrected chi connectivity index (χ3v) is 6.19. The number of rotatable bonds is 11. The van der Waals surface area contributed by atoms with Crippen molar-refractivity contribution in [2.45, 2.75) is 91.6 Å². The number of aryl methyl sites for hydroxylation is 1. The Labute approximate surface area is 206 Å². The molecule has 1 aromatic carbocycles. The van der Waals surface area contributed by atoms with Crippen molar-refractivity contribution in [3.8, 4) is 11.5 Å². The quantitative estimate of drug-likeness (QED) is 0.271. The molecule has 5 heteroatoms. The van der Waals surface area contributed by atoms with Crippen LogP contribution < -0.4 is 14.8 Å². The van der Waals surface area contributed by atoms with Crippen LogP contribution in [0.1, 0.15) is 90.7 Å². The molecular formula is C29H45NO4. The van der Waals surface area contributed by atoms with Crippen LogP contribution in [-0.2, 0) is 11.2 Å². The summed E-state index contributed by atoms with van der Waals surface area (Å²) in [7, 11) is 1.73. The van der Waals surface area contributed by atoms with Crippen molar-refractivity contribution in [2.24, 2.45) is 5.92 Å². The summed E-state index contributed by atoms with van der Waals surface area (Å²) >= 11 is 0. The SMILES string of the molecule is C=C(C)C1CCC(C)=CC1c1c(OC)cc(CCCCC)cc1OCCNC(=O)OC(C)(C)C. The van der Waals surface area contributed by atoms with Gasteiger partial charge in [0.15, 0.2) is 0 Å². The van der Waals surface area contributed by atoms with E-state index in [1.807, 2.05) is 20.8 Å². The molecule has 0 saturated heterocycles. The third-order valence-electron chi connectivity index (χ3n) is 6.19. The first-order valence-electron chi connectivity index (χ1n) is 12.7. The molecule has 1 amide bonds. The van der Waals surface area contributed by atoms with Crippen LogP contribution in [0.15, 0.2) is 35.9 Å². The monoisotopic (exact) mass is 471 g/mol. The average Bonchev–Trinajstić information content (AvgIpc) is 2.75. The normalized spacial score (nSPS) is 18.1. The number of amides is 1. The number of carbonyl (C=O) groups is 1. The highest BCUT2D eigenvalue weighted by atomic mass is 16.6.